The van der Waals surface area contributed by atoms with Gasteiger partial charge in [-0.05, 0) is 80.7 Å². The highest BCUT2D eigenvalue weighted by molar-refractivity contribution is 6.08. The van der Waals surface area contributed by atoms with Gasteiger partial charge in [-0.25, -0.2) is 4.98 Å². The van der Waals surface area contributed by atoms with Crippen molar-refractivity contribution in [2.24, 2.45) is 0 Å². The minimum absolute atomic E-state index is 0.956. The van der Waals surface area contributed by atoms with Crippen molar-refractivity contribution in [3.8, 4) is 44.8 Å². The first-order valence-corrected chi connectivity index (χ1v) is 16.7. The monoisotopic (exact) mass is 623 g/mol. The molecule has 0 aliphatic carbocycles. The van der Waals surface area contributed by atoms with Crippen molar-refractivity contribution in [1.29, 1.82) is 0 Å². The SMILES string of the molecule is c1ccc2cc(-c3cc(-c4ccc(-c5c6ccccc6n6c5cnc5ccccc56)cc4)cc(-c4ccc5ccccc5c4)n3)ccc2c1. The number of hydrogen-bond acceptors (Lipinski definition) is 2. The Morgan fingerprint density at radius 1 is 0.367 bits per heavy atom. The quantitative estimate of drug-likeness (QED) is 0.195. The Kier molecular flexibility index (Phi) is 6.18. The van der Waals surface area contributed by atoms with Gasteiger partial charge in [0.15, 0.2) is 0 Å². The molecule has 0 saturated carbocycles. The highest BCUT2D eigenvalue weighted by atomic mass is 14.9. The van der Waals surface area contributed by atoms with Crippen LogP contribution in [0, 0.1) is 0 Å². The maximum atomic E-state index is 5.25. The fourth-order valence-corrected chi connectivity index (χ4v) is 7.36. The molecule has 0 amide bonds. The number of nitrogens with zero attached hydrogens (tertiary/aromatic N) is 3. The molecule has 10 aromatic rings. The Labute approximate surface area is 283 Å². The molecule has 3 aromatic heterocycles. The fraction of sp³-hybridized carbons (Fsp3) is 0. The molecule has 0 bridgehead atoms. The summed E-state index contributed by atoms with van der Waals surface area (Å²) in [6.45, 7) is 0. The van der Waals surface area contributed by atoms with E-state index in [1.807, 2.05) is 12.3 Å². The average molecular weight is 624 g/mol. The molecule has 228 valence electrons. The molecule has 0 spiro atoms. The van der Waals surface area contributed by atoms with Crippen LogP contribution < -0.4 is 0 Å². The summed E-state index contributed by atoms with van der Waals surface area (Å²) in [6.07, 6.45) is 2.01. The molecular formula is C46H29N3. The molecule has 0 N–H and O–H groups in total. The minimum Gasteiger partial charge on any atom is -0.306 e. The first-order chi connectivity index (χ1) is 24.3. The third kappa shape index (κ3) is 4.59. The van der Waals surface area contributed by atoms with E-state index in [9.17, 15) is 0 Å². The predicted octanol–water partition coefficient (Wildman–Crippen LogP) is 12.0. The number of benzene rings is 7. The summed E-state index contributed by atoms with van der Waals surface area (Å²) in [5.74, 6) is 0. The molecule has 10 rings (SSSR count). The molecule has 0 unspecified atom stereocenters. The van der Waals surface area contributed by atoms with E-state index in [0.29, 0.717) is 0 Å². The van der Waals surface area contributed by atoms with Crippen LogP contribution >= 0.6 is 0 Å². The molecule has 7 aromatic carbocycles. The normalized spacial score (nSPS) is 11.7. The predicted molar refractivity (Wildman–Crippen MR) is 205 cm³/mol. The molecule has 3 heterocycles. The molecule has 0 radical (unpaired) electrons. The lowest BCUT2D eigenvalue weighted by molar-refractivity contribution is 1.27. The van der Waals surface area contributed by atoms with Gasteiger partial charge in [0.2, 0.25) is 0 Å². The van der Waals surface area contributed by atoms with Crippen LogP contribution in [-0.4, -0.2) is 14.4 Å². The van der Waals surface area contributed by atoms with Gasteiger partial charge in [-0.15, -0.1) is 0 Å². The number of para-hydroxylation sites is 3. The van der Waals surface area contributed by atoms with Crippen molar-refractivity contribution in [2.45, 2.75) is 0 Å². The lowest BCUT2D eigenvalue weighted by Crippen LogP contribution is -1.92. The highest BCUT2D eigenvalue weighted by Crippen LogP contribution is 2.39. The summed E-state index contributed by atoms with van der Waals surface area (Å²) in [6, 6.07) is 60.7. The lowest BCUT2D eigenvalue weighted by atomic mass is 9.96. The van der Waals surface area contributed by atoms with Crippen molar-refractivity contribution >= 4 is 49.0 Å². The van der Waals surface area contributed by atoms with Crippen LogP contribution in [0.4, 0.5) is 0 Å². The summed E-state index contributed by atoms with van der Waals surface area (Å²) in [7, 11) is 0. The lowest BCUT2D eigenvalue weighted by Gasteiger charge is -2.12. The topological polar surface area (TPSA) is 30.2 Å². The second kappa shape index (κ2) is 11.0. The highest BCUT2D eigenvalue weighted by Gasteiger charge is 2.17. The minimum atomic E-state index is 0.956. The van der Waals surface area contributed by atoms with Crippen LogP contribution in [0.15, 0.2) is 176 Å². The summed E-state index contributed by atoms with van der Waals surface area (Å²) in [5, 5.41) is 6.08. The van der Waals surface area contributed by atoms with Crippen LogP contribution in [0.1, 0.15) is 0 Å². The van der Waals surface area contributed by atoms with Crippen molar-refractivity contribution < 1.29 is 0 Å². The Bertz CT molecular complexity index is 2780. The fourth-order valence-electron chi connectivity index (χ4n) is 7.36. The first kappa shape index (κ1) is 27.5. The molecule has 0 aliphatic heterocycles. The molecule has 3 heteroatoms. The Hall–Kier alpha value is -6.58. The number of hydrogen-bond donors (Lipinski definition) is 0. The Morgan fingerprint density at radius 2 is 0.898 bits per heavy atom. The van der Waals surface area contributed by atoms with Gasteiger partial charge in [0.05, 0.1) is 39.7 Å². The Balaban J connectivity index is 1.13. The zero-order valence-corrected chi connectivity index (χ0v) is 26.6. The molecule has 3 nitrogen and oxygen atoms in total. The average Bonchev–Trinajstić information content (AvgIpc) is 3.52. The molecule has 0 saturated heterocycles. The first-order valence-electron chi connectivity index (χ1n) is 16.7. The largest absolute Gasteiger partial charge is 0.306 e. The Morgan fingerprint density at radius 3 is 1.57 bits per heavy atom. The van der Waals surface area contributed by atoms with E-state index in [1.54, 1.807) is 0 Å². The second-order valence-electron chi connectivity index (χ2n) is 12.7. The number of aromatic nitrogens is 3. The van der Waals surface area contributed by atoms with Gasteiger partial charge in [-0.1, -0.05) is 127 Å². The van der Waals surface area contributed by atoms with Gasteiger partial charge in [0.25, 0.3) is 0 Å². The number of pyridine rings is 1. The second-order valence-corrected chi connectivity index (χ2v) is 12.7. The van der Waals surface area contributed by atoms with E-state index in [0.717, 1.165) is 55.8 Å². The maximum Gasteiger partial charge on any atom is 0.0871 e. The van der Waals surface area contributed by atoms with E-state index < -0.39 is 0 Å². The zero-order valence-electron chi connectivity index (χ0n) is 26.6. The summed E-state index contributed by atoms with van der Waals surface area (Å²) in [5.41, 5.74) is 13.1. The van der Waals surface area contributed by atoms with Crippen LogP contribution in [-0.2, 0) is 0 Å². The summed E-state index contributed by atoms with van der Waals surface area (Å²) in [4.78, 5) is 10.1. The third-order valence-electron chi connectivity index (χ3n) is 9.78. The van der Waals surface area contributed by atoms with Gasteiger partial charge in [0.1, 0.15) is 0 Å². The standard InChI is InChI=1S/C46H29N3/c1-3-11-34-25-36(23-19-30(34)9-1)41-27-38(28-42(48-41)37-24-20-31-10-2-4-12-35(31)26-37)32-17-21-33(22-18-32)46-39-13-5-7-15-43(39)49-44-16-8-6-14-40(44)47-29-45(46)49/h1-29H. The van der Waals surface area contributed by atoms with Crippen molar-refractivity contribution in [3.05, 3.63) is 176 Å². The zero-order chi connectivity index (χ0) is 32.3. The molecule has 0 aliphatic rings. The summed E-state index contributed by atoms with van der Waals surface area (Å²) >= 11 is 0. The van der Waals surface area contributed by atoms with Crippen molar-refractivity contribution in [1.82, 2.24) is 14.4 Å². The molecule has 0 atom stereocenters. The van der Waals surface area contributed by atoms with Gasteiger partial charge in [-0.2, -0.15) is 0 Å². The molecular weight excluding hydrogens is 595 g/mol. The van der Waals surface area contributed by atoms with Gasteiger partial charge >= 0.3 is 0 Å². The number of rotatable bonds is 4. The molecule has 0 fully saturated rings. The third-order valence-corrected chi connectivity index (χ3v) is 9.78. The summed E-state index contributed by atoms with van der Waals surface area (Å²) < 4.78 is 2.34. The maximum absolute atomic E-state index is 5.25. The van der Waals surface area contributed by atoms with E-state index in [-0.39, 0.29) is 0 Å². The van der Waals surface area contributed by atoms with E-state index in [4.69, 9.17) is 9.97 Å². The van der Waals surface area contributed by atoms with Crippen LogP contribution in [0.2, 0.25) is 0 Å². The van der Waals surface area contributed by atoms with Crippen LogP contribution in [0.5, 0.6) is 0 Å². The van der Waals surface area contributed by atoms with Gasteiger partial charge in [-0.3, -0.25) is 4.98 Å². The smallest absolute Gasteiger partial charge is 0.0871 e. The van der Waals surface area contributed by atoms with E-state index >= 15 is 0 Å². The van der Waals surface area contributed by atoms with Crippen LogP contribution in [0.25, 0.3) is 93.8 Å². The van der Waals surface area contributed by atoms with Crippen molar-refractivity contribution in [2.75, 3.05) is 0 Å². The van der Waals surface area contributed by atoms with Gasteiger partial charge in [0, 0.05) is 22.1 Å². The van der Waals surface area contributed by atoms with Crippen molar-refractivity contribution in [3.63, 3.8) is 0 Å². The van der Waals surface area contributed by atoms with Crippen LogP contribution in [0.3, 0.4) is 0 Å². The number of fused-ring (bicyclic) bond motifs is 7. The van der Waals surface area contributed by atoms with Gasteiger partial charge < -0.3 is 4.40 Å². The van der Waals surface area contributed by atoms with E-state index in [1.165, 1.54) is 38.0 Å². The molecule has 49 heavy (non-hydrogen) atoms. The van der Waals surface area contributed by atoms with E-state index in [2.05, 4.69) is 168 Å².